The predicted molar refractivity (Wildman–Crippen MR) is 40.5 cm³/mol. The van der Waals surface area contributed by atoms with Gasteiger partial charge in [-0.2, -0.15) is 0 Å². The summed E-state index contributed by atoms with van der Waals surface area (Å²) in [6.45, 7) is 0. The largest absolute Gasteiger partial charge is 0.478 e. The van der Waals surface area contributed by atoms with E-state index in [9.17, 15) is 9.18 Å². The maximum atomic E-state index is 12.9. The summed E-state index contributed by atoms with van der Waals surface area (Å²) < 4.78 is 12.9. The Labute approximate surface area is 72.9 Å². The van der Waals surface area contributed by atoms with Crippen molar-refractivity contribution in [2.24, 2.45) is 0 Å². The van der Waals surface area contributed by atoms with E-state index in [2.05, 4.69) is 0 Å². The van der Waals surface area contributed by atoms with Crippen molar-refractivity contribution in [2.45, 2.75) is 6.29 Å². The molecule has 1 rings (SSSR count). The third kappa shape index (κ3) is 2.01. The summed E-state index contributed by atoms with van der Waals surface area (Å²) in [4.78, 5) is 10.3. The van der Waals surface area contributed by atoms with Crippen molar-refractivity contribution >= 4 is 5.97 Å². The van der Waals surface area contributed by atoms with Gasteiger partial charge in [-0.05, 0) is 12.1 Å². The molecule has 0 bridgehead atoms. The molecule has 0 saturated heterocycles. The van der Waals surface area contributed by atoms with Crippen LogP contribution in [0.15, 0.2) is 18.2 Å². The van der Waals surface area contributed by atoms with Crippen LogP contribution in [0.2, 0.25) is 0 Å². The van der Waals surface area contributed by atoms with Crippen LogP contribution < -0.4 is 0 Å². The summed E-state index contributed by atoms with van der Waals surface area (Å²) in [5.74, 6) is -2.38. The standard InChI is InChI=1S/C8H7FO4/c9-6-3-4(7(10)11)1-2-5(6)8(12)13/h1-3,7,10-11H,(H,12,13). The van der Waals surface area contributed by atoms with Crippen LogP contribution in [0.3, 0.4) is 0 Å². The van der Waals surface area contributed by atoms with Gasteiger partial charge in [0.1, 0.15) is 5.82 Å². The number of aliphatic hydroxyl groups excluding tert-OH is 1. The predicted octanol–water partition coefficient (Wildman–Crippen LogP) is 0.507. The molecule has 0 amide bonds. The summed E-state index contributed by atoms with van der Waals surface area (Å²) in [5, 5.41) is 25.7. The van der Waals surface area contributed by atoms with E-state index in [1.165, 1.54) is 0 Å². The van der Waals surface area contributed by atoms with Crippen molar-refractivity contribution in [3.05, 3.63) is 35.1 Å². The number of hydrogen-bond acceptors (Lipinski definition) is 3. The molecule has 0 saturated carbocycles. The zero-order valence-corrected chi connectivity index (χ0v) is 6.44. The number of hydrogen-bond donors (Lipinski definition) is 3. The minimum Gasteiger partial charge on any atom is -0.478 e. The first-order valence-electron chi connectivity index (χ1n) is 3.41. The highest BCUT2D eigenvalue weighted by Gasteiger charge is 2.12. The van der Waals surface area contributed by atoms with Crippen LogP contribution in [0.4, 0.5) is 4.39 Å². The average Bonchev–Trinajstić information content (AvgIpc) is 2.03. The molecule has 0 fully saturated rings. The molecule has 0 unspecified atom stereocenters. The molecule has 5 heteroatoms. The van der Waals surface area contributed by atoms with Crippen LogP contribution in [0, 0.1) is 5.82 Å². The Hall–Kier alpha value is -1.46. The van der Waals surface area contributed by atoms with Gasteiger partial charge in [-0.25, -0.2) is 9.18 Å². The summed E-state index contributed by atoms with van der Waals surface area (Å²) >= 11 is 0. The molecule has 0 heterocycles. The first-order valence-corrected chi connectivity index (χ1v) is 3.41. The van der Waals surface area contributed by atoms with Crippen LogP contribution in [0.25, 0.3) is 0 Å². The van der Waals surface area contributed by atoms with E-state index in [-0.39, 0.29) is 5.56 Å². The van der Waals surface area contributed by atoms with Gasteiger partial charge >= 0.3 is 5.97 Å². The van der Waals surface area contributed by atoms with E-state index >= 15 is 0 Å². The number of aromatic carboxylic acids is 1. The highest BCUT2D eigenvalue weighted by Crippen LogP contribution is 2.14. The molecule has 13 heavy (non-hydrogen) atoms. The summed E-state index contributed by atoms with van der Waals surface area (Å²) in [5.41, 5.74) is -0.577. The maximum absolute atomic E-state index is 12.9. The maximum Gasteiger partial charge on any atom is 0.338 e. The lowest BCUT2D eigenvalue weighted by atomic mass is 10.1. The Bertz CT molecular complexity index is 335. The quantitative estimate of drug-likeness (QED) is 0.588. The van der Waals surface area contributed by atoms with Crippen LogP contribution in [0.5, 0.6) is 0 Å². The SMILES string of the molecule is O=C(O)c1ccc(C(O)O)cc1F. The lowest BCUT2D eigenvalue weighted by Crippen LogP contribution is -2.03. The van der Waals surface area contributed by atoms with E-state index in [0.717, 1.165) is 18.2 Å². The van der Waals surface area contributed by atoms with E-state index in [1.54, 1.807) is 0 Å². The molecule has 0 aliphatic rings. The smallest absolute Gasteiger partial charge is 0.338 e. The number of carboxylic acids is 1. The summed E-state index contributed by atoms with van der Waals surface area (Å²) in [7, 11) is 0. The van der Waals surface area contributed by atoms with Crippen LogP contribution in [0.1, 0.15) is 22.2 Å². The van der Waals surface area contributed by atoms with Crippen molar-refractivity contribution < 1.29 is 24.5 Å². The monoisotopic (exact) mass is 186 g/mol. The lowest BCUT2D eigenvalue weighted by Gasteiger charge is -2.04. The van der Waals surface area contributed by atoms with Gasteiger partial charge in [0.2, 0.25) is 0 Å². The molecule has 3 N–H and O–H groups in total. The van der Waals surface area contributed by atoms with Crippen molar-refractivity contribution in [2.75, 3.05) is 0 Å². The van der Waals surface area contributed by atoms with E-state index in [0.29, 0.717) is 0 Å². The first-order chi connectivity index (χ1) is 6.02. The molecule has 0 aromatic heterocycles. The molecule has 0 atom stereocenters. The molecular weight excluding hydrogens is 179 g/mol. The van der Waals surface area contributed by atoms with Gasteiger partial charge < -0.3 is 15.3 Å². The van der Waals surface area contributed by atoms with Crippen molar-refractivity contribution in [1.82, 2.24) is 0 Å². The highest BCUT2D eigenvalue weighted by atomic mass is 19.1. The fourth-order valence-electron chi connectivity index (χ4n) is 0.865. The second-order valence-electron chi connectivity index (χ2n) is 2.42. The molecule has 1 aromatic carbocycles. The van der Waals surface area contributed by atoms with Gasteiger partial charge in [0, 0.05) is 5.56 Å². The average molecular weight is 186 g/mol. The number of aliphatic hydroxyl groups is 2. The Morgan fingerprint density at radius 2 is 2.00 bits per heavy atom. The summed E-state index contributed by atoms with van der Waals surface area (Å²) in [6, 6.07) is 2.89. The van der Waals surface area contributed by atoms with Crippen molar-refractivity contribution in [3.63, 3.8) is 0 Å². The fraction of sp³-hybridized carbons (Fsp3) is 0.125. The summed E-state index contributed by atoms with van der Waals surface area (Å²) in [6.07, 6.45) is -1.79. The molecule has 0 aliphatic heterocycles. The van der Waals surface area contributed by atoms with Gasteiger partial charge in [0.25, 0.3) is 0 Å². The number of rotatable bonds is 2. The normalized spacial score (nSPS) is 10.5. The molecule has 1 aromatic rings. The number of halogens is 1. The first kappa shape index (κ1) is 9.63. The number of carboxylic acid groups (broad SMARTS) is 1. The van der Waals surface area contributed by atoms with Crippen LogP contribution in [-0.2, 0) is 0 Å². The number of benzene rings is 1. The second-order valence-corrected chi connectivity index (χ2v) is 2.42. The molecular formula is C8H7FO4. The number of carbonyl (C=O) groups is 1. The highest BCUT2D eigenvalue weighted by molar-refractivity contribution is 5.87. The van der Waals surface area contributed by atoms with Crippen molar-refractivity contribution in [1.29, 1.82) is 0 Å². The minimum absolute atomic E-state index is 0.0810. The van der Waals surface area contributed by atoms with Gasteiger partial charge in [-0.15, -0.1) is 0 Å². The zero-order valence-electron chi connectivity index (χ0n) is 6.44. The van der Waals surface area contributed by atoms with E-state index < -0.39 is 23.6 Å². The van der Waals surface area contributed by atoms with E-state index in [4.69, 9.17) is 15.3 Å². The Morgan fingerprint density at radius 1 is 1.38 bits per heavy atom. The van der Waals surface area contributed by atoms with E-state index in [1.807, 2.05) is 0 Å². The Kier molecular flexibility index (Phi) is 2.60. The Balaban J connectivity index is 3.13. The zero-order chi connectivity index (χ0) is 10.0. The van der Waals surface area contributed by atoms with Gasteiger partial charge in [0.15, 0.2) is 6.29 Å². The molecule has 0 spiro atoms. The molecule has 0 radical (unpaired) electrons. The topological polar surface area (TPSA) is 77.8 Å². The lowest BCUT2D eigenvalue weighted by molar-refractivity contribution is -0.0427. The van der Waals surface area contributed by atoms with Crippen molar-refractivity contribution in [3.8, 4) is 0 Å². The Morgan fingerprint density at radius 3 is 2.38 bits per heavy atom. The second kappa shape index (κ2) is 3.51. The fourth-order valence-corrected chi connectivity index (χ4v) is 0.865. The molecule has 0 aliphatic carbocycles. The van der Waals surface area contributed by atoms with Crippen LogP contribution >= 0.6 is 0 Å². The van der Waals surface area contributed by atoms with Gasteiger partial charge in [-0.3, -0.25) is 0 Å². The third-order valence-corrected chi connectivity index (χ3v) is 1.52. The van der Waals surface area contributed by atoms with Crippen LogP contribution in [-0.4, -0.2) is 21.3 Å². The van der Waals surface area contributed by atoms with Gasteiger partial charge in [0.05, 0.1) is 5.56 Å². The minimum atomic E-state index is -1.79. The third-order valence-electron chi connectivity index (χ3n) is 1.52. The molecule has 4 nitrogen and oxygen atoms in total. The van der Waals surface area contributed by atoms with Gasteiger partial charge in [-0.1, -0.05) is 6.07 Å². The molecule has 70 valence electrons.